The van der Waals surface area contributed by atoms with Gasteiger partial charge in [0.1, 0.15) is 11.5 Å². The summed E-state index contributed by atoms with van der Waals surface area (Å²) in [7, 11) is 0. The maximum Gasteiger partial charge on any atom is 0.261 e. The molecule has 0 aliphatic heterocycles. The van der Waals surface area contributed by atoms with Crippen molar-refractivity contribution in [3.05, 3.63) is 64.7 Å². The lowest BCUT2D eigenvalue weighted by Crippen LogP contribution is -2.34. The number of aliphatic hydroxyl groups excluding tert-OH is 1. The van der Waals surface area contributed by atoms with Crippen LogP contribution in [0.5, 0.6) is 0 Å². The van der Waals surface area contributed by atoms with E-state index in [0.29, 0.717) is 4.88 Å². The molecule has 1 aromatic carbocycles. The van der Waals surface area contributed by atoms with Crippen molar-refractivity contribution in [3.63, 3.8) is 0 Å². The van der Waals surface area contributed by atoms with Crippen molar-refractivity contribution in [2.24, 2.45) is 0 Å². The number of carbonyl (C=O) groups excluding carboxylic acids is 1. The standard InChI is InChI=1S/C21H18FN3O2S/c1-12(10-26)24-21(27)19-8-16(11-28-19)15-6-14-7-18(25-20(14)23-9-15)13-2-4-17(22)5-3-13/h2-9,11-12,26H,10H2,1H3,(H,23,25)(H,24,27)/t12-/m0/s1. The molecule has 1 amide bonds. The molecule has 3 N–H and O–H groups in total. The maximum absolute atomic E-state index is 13.1. The number of carbonyl (C=O) groups is 1. The maximum atomic E-state index is 13.1. The minimum atomic E-state index is -0.291. The average molecular weight is 395 g/mol. The monoisotopic (exact) mass is 395 g/mol. The minimum absolute atomic E-state index is 0.103. The molecule has 0 radical (unpaired) electrons. The summed E-state index contributed by atoms with van der Waals surface area (Å²) < 4.78 is 13.1. The van der Waals surface area contributed by atoms with E-state index in [1.165, 1.54) is 23.5 Å². The van der Waals surface area contributed by atoms with E-state index in [2.05, 4.69) is 15.3 Å². The van der Waals surface area contributed by atoms with Crippen molar-refractivity contribution in [1.82, 2.24) is 15.3 Å². The fourth-order valence-corrected chi connectivity index (χ4v) is 3.72. The van der Waals surface area contributed by atoms with Crippen molar-refractivity contribution >= 4 is 28.3 Å². The largest absolute Gasteiger partial charge is 0.394 e. The van der Waals surface area contributed by atoms with Crippen LogP contribution in [0.2, 0.25) is 0 Å². The lowest BCUT2D eigenvalue weighted by Gasteiger charge is -2.08. The number of fused-ring (bicyclic) bond motifs is 1. The van der Waals surface area contributed by atoms with Crippen LogP contribution < -0.4 is 5.32 Å². The molecule has 5 nitrogen and oxygen atoms in total. The third-order valence-electron chi connectivity index (χ3n) is 4.43. The lowest BCUT2D eigenvalue weighted by molar-refractivity contribution is 0.0926. The third kappa shape index (κ3) is 3.67. The van der Waals surface area contributed by atoms with Gasteiger partial charge in [-0.25, -0.2) is 9.37 Å². The van der Waals surface area contributed by atoms with Crippen LogP contribution in [0.4, 0.5) is 4.39 Å². The van der Waals surface area contributed by atoms with E-state index in [9.17, 15) is 9.18 Å². The second kappa shape index (κ2) is 7.53. The molecule has 4 aromatic rings. The highest BCUT2D eigenvalue weighted by atomic mass is 32.1. The van der Waals surface area contributed by atoms with Crippen molar-refractivity contribution in [3.8, 4) is 22.4 Å². The van der Waals surface area contributed by atoms with Crippen LogP contribution in [-0.4, -0.2) is 33.6 Å². The van der Waals surface area contributed by atoms with Crippen LogP contribution in [0.25, 0.3) is 33.4 Å². The van der Waals surface area contributed by atoms with Crippen LogP contribution in [0.1, 0.15) is 16.6 Å². The van der Waals surface area contributed by atoms with Crippen LogP contribution in [0, 0.1) is 5.82 Å². The molecule has 0 saturated carbocycles. The van der Waals surface area contributed by atoms with E-state index in [-0.39, 0.29) is 24.4 Å². The van der Waals surface area contributed by atoms with Crippen LogP contribution in [0.3, 0.4) is 0 Å². The highest BCUT2D eigenvalue weighted by Gasteiger charge is 2.13. The molecule has 0 bridgehead atoms. The van der Waals surface area contributed by atoms with Gasteiger partial charge in [-0.3, -0.25) is 4.79 Å². The van der Waals surface area contributed by atoms with Gasteiger partial charge in [-0.15, -0.1) is 11.3 Å². The Morgan fingerprint density at radius 2 is 2.00 bits per heavy atom. The molecule has 0 aliphatic carbocycles. The number of thiophene rings is 1. The Kier molecular flexibility index (Phi) is 4.93. The number of aromatic amines is 1. The SMILES string of the molecule is C[C@@H](CO)NC(=O)c1cc(-c2cnc3[nH]c(-c4ccc(F)cc4)cc3c2)cs1. The molecule has 7 heteroatoms. The van der Waals surface area contributed by atoms with Gasteiger partial charge in [0, 0.05) is 28.9 Å². The summed E-state index contributed by atoms with van der Waals surface area (Å²) in [5.41, 5.74) is 4.30. The Bertz CT molecular complexity index is 1130. The van der Waals surface area contributed by atoms with Crippen molar-refractivity contribution in [1.29, 1.82) is 0 Å². The van der Waals surface area contributed by atoms with Crippen molar-refractivity contribution in [2.45, 2.75) is 13.0 Å². The first kappa shape index (κ1) is 18.3. The molecule has 0 saturated heterocycles. The first-order chi connectivity index (χ1) is 13.5. The van der Waals surface area contributed by atoms with Gasteiger partial charge in [0.2, 0.25) is 0 Å². The molecule has 0 aliphatic rings. The molecule has 0 spiro atoms. The fourth-order valence-electron chi connectivity index (χ4n) is 2.91. The molecule has 3 aromatic heterocycles. The van der Waals surface area contributed by atoms with Crippen molar-refractivity contribution < 1.29 is 14.3 Å². The van der Waals surface area contributed by atoms with Gasteiger partial charge in [-0.05, 0) is 65.9 Å². The predicted octanol–water partition coefficient (Wildman–Crippen LogP) is 4.21. The number of nitrogens with one attached hydrogen (secondary N) is 2. The number of halogens is 1. The highest BCUT2D eigenvalue weighted by Crippen LogP contribution is 2.29. The van der Waals surface area contributed by atoms with E-state index in [1.807, 2.05) is 23.6 Å². The Balaban J connectivity index is 1.61. The zero-order valence-electron chi connectivity index (χ0n) is 15.1. The normalized spacial score (nSPS) is 12.2. The first-order valence-electron chi connectivity index (χ1n) is 8.79. The highest BCUT2D eigenvalue weighted by molar-refractivity contribution is 7.12. The van der Waals surface area contributed by atoms with E-state index >= 15 is 0 Å². The summed E-state index contributed by atoms with van der Waals surface area (Å²) in [6, 6.07) is 11.8. The summed E-state index contributed by atoms with van der Waals surface area (Å²) in [5, 5.41) is 14.7. The molecule has 4 rings (SSSR count). The van der Waals surface area contributed by atoms with Crippen LogP contribution in [0.15, 0.2) is 54.0 Å². The lowest BCUT2D eigenvalue weighted by atomic mass is 10.1. The molecule has 142 valence electrons. The Morgan fingerprint density at radius 1 is 1.21 bits per heavy atom. The van der Waals surface area contributed by atoms with Gasteiger partial charge in [0.25, 0.3) is 5.91 Å². The third-order valence-corrected chi connectivity index (χ3v) is 5.36. The van der Waals surface area contributed by atoms with Gasteiger partial charge in [-0.1, -0.05) is 0 Å². The van der Waals surface area contributed by atoms with E-state index in [1.54, 1.807) is 25.3 Å². The first-order valence-corrected chi connectivity index (χ1v) is 9.67. The fraction of sp³-hybridized carbons (Fsp3) is 0.143. The van der Waals surface area contributed by atoms with Gasteiger partial charge in [-0.2, -0.15) is 0 Å². The number of amides is 1. The van der Waals surface area contributed by atoms with Crippen LogP contribution in [-0.2, 0) is 0 Å². The van der Waals surface area contributed by atoms with E-state index in [0.717, 1.165) is 33.4 Å². The van der Waals surface area contributed by atoms with E-state index < -0.39 is 0 Å². The minimum Gasteiger partial charge on any atom is -0.394 e. The molecular weight excluding hydrogens is 377 g/mol. The predicted molar refractivity (Wildman–Crippen MR) is 109 cm³/mol. The zero-order chi connectivity index (χ0) is 19.7. The Labute approximate surface area is 164 Å². The second-order valence-electron chi connectivity index (χ2n) is 6.61. The summed E-state index contributed by atoms with van der Waals surface area (Å²) in [6.07, 6.45) is 1.76. The summed E-state index contributed by atoms with van der Waals surface area (Å²) in [6.45, 7) is 1.64. The van der Waals surface area contributed by atoms with Gasteiger partial charge >= 0.3 is 0 Å². The number of aromatic nitrogens is 2. The molecule has 28 heavy (non-hydrogen) atoms. The number of hydrogen-bond acceptors (Lipinski definition) is 4. The summed E-state index contributed by atoms with van der Waals surface area (Å²) >= 11 is 1.35. The zero-order valence-corrected chi connectivity index (χ0v) is 15.9. The molecule has 1 atom stereocenters. The number of pyridine rings is 1. The van der Waals surface area contributed by atoms with Crippen LogP contribution >= 0.6 is 11.3 Å². The molecule has 3 heterocycles. The molecular formula is C21H18FN3O2S. The Hall–Kier alpha value is -3.03. The Morgan fingerprint density at radius 3 is 2.75 bits per heavy atom. The van der Waals surface area contributed by atoms with Gasteiger partial charge in [0.05, 0.1) is 11.5 Å². The average Bonchev–Trinajstić information content (AvgIpc) is 3.35. The molecule has 0 fully saturated rings. The van der Waals surface area contributed by atoms with Crippen molar-refractivity contribution in [2.75, 3.05) is 6.61 Å². The summed E-state index contributed by atoms with van der Waals surface area (Å²) in [5.74, 6) is -0.474. The number of hydrogen-bond donors (Lipinski definition) is 3. The number of nitrogens with zero attached hydrogens (tertiary/aromatic N) is 1. The summed E-state index contributed by atoms with van der Waals surface area (Å²) in [4.78, 5) is 20.5. The number of aliphatic hydroxyl groups is 1. The quantitative estimate of drug-likeness (QED) is 0.474. The topological polar surface area (TPSA) is 78.0 Å². The number of H-pyrrole nitrogens is 1. The second-order valence-corrected chi connectivity index (χ2v) is 7.52. The number of benzene rings is 1. The van der Waals surface area contributed by atoms with Gasteiger partial charge < -0.3 is 15.4 Å². The van der Waals surface area contributed by atoms with Gasteiger partial charge in [0.15, 0.2) is 0 Å². The van der Waals surface area contributed by atoms with E-state index in [4.69, 9.17) is 5.11 Å². The number of rotatable bonds is 5. The molecule has 0 unspecified atom stereocenters. The smallest absolute Gasteiger partial charge is 0.261 e.